The second-order valence-electron chi connectivity index (χ2n) is 3.62. The number of hydrogen-bond acceptors (Lipinski definition) is 8. The molecule has 0 fully saturated rings. The van der Waals surface area contributed by atoms with E-state index in [2.05, 4.69) is 15.4 Å². The summed E-state index contributed by atoms with van der Waals surface area (Å²) >= 11 is 0. The molecule has 0 aliphatic carbocycles. The van der Waals surface area contributed by atoms with Crippen molar-refractivity contribution in [3.8, 4) is 11.6 Å². The van der Waals surface area contributed by atoms with Gasteiger partial charge >= 0.3 is 16.9 Å². The van der Waals surface area contributed by atoms with Crippen molar-refractivity contribution in [2.45, 2.75) is 0 Å². The Bertz CT molecular complexity index is 808. The lowest BCUT2D eigenvalue weighted by Crippen LogP contribution is -2.61. The van der Waals surface area contributed by atoms with E-state index in [-0.39, 0.29) is 22.6 Å². The summed E-state index contributed by atoms with van der Waals surface area (Å²) in [5.74, 6) is -0.989. The Labute approximate surface area is 114 Å². The molecule has 0 atom stereocenters. The van der Waals surface area contributed by atoms with Crippen molar-refractivity contribution >= 4 is 17.1 Å². The fourth-order valence-corrected chi connectivity index (χ4v) is 1.35. The third-order valence-corrected chi connectivity index (χ3v) is 2.28. The van der Waals surface area contributed by atoms with E-state index in [1.807, 2.05) is 9.97 Å². The van der Waals surface area contributed by atoms with Crippen molar-refractivity contribution < 1.29 is 20.8 Å². The molecule has 0 saturated carbocycles. The average molecular weight is 295 g/mol. The monoisotopic (exact) mass is 295 g/mol. The number of rotatable bonds is 3. The Kier molecular flexibility index (Phi) is 4.64. The first kappa shape index (κ1) is 15.7. The van der Waals surface area contributed by atoms with Gasteiger partial charge in [0.25, 0.3) is 5.88 Å². The number of nitroso groups, excluding NO2 is 1. The number of azo groups is 1. The molecular formula is C10H9N5O6. The molecule has 0 radical (unpaired) electrons. The summed E-state index contributed by atoms with van der Waals surface area (Å²) in [6.45, 7) is 0. The molecule has 0 aliphatic rings. The van der Waals surface area contributed by atoms with Gasteiger partial charge in [0.05, 0.1) is 0 Å². The molecule has 2 rings (SSSR count). The van der Waals surface area contributed by atoms with E-state index in [1.165, 1.54) is 12.1 Å². The summed E-state index contributed by atoms with van der Waals surface area (Å²) in [6.07, 6.45) is 0. The number of benzene rings is 1. The maximum Gasteiger partial charge on any atom is 0.354 e. The number of aromatic nitrogens is 2. The molecule has 1 aromatic heterocycles. The average Bonchev–Trinajstić information content (AvgIpc) is 2.39. The van der Waals surface area contributed by atoms with Crippen molar-refractivity contribution in [3.63, 3.8) is 0 Å². The SMILES string of the molecule is O=Nc1ccc(O)c(N=[NH+]c2c(O)[nH]c(=O)[nH]c2=O)c1.[OH-]. The lowest BCUT2D eigenvalue weighted by Gasteiger charge is -1.94. The van der Waals surface area contributed by atoms with Gasteiger partial charge in [-0.25, -0.2) is 4.79 Å². The Morgan fingerprint density at radius 3 is 2.48 bits per heavy atom. The number of H-pyrrole nitrogens is 2. The normalized spacial score (nSPS) is 10.3. The molecule has 1 aromatic carbocycles. The van der Waals surface area contributed by atoms with Gasteiger partial charge in [-0.3, -0.25) is 14.8 Å². The maximum absolute atomic E-state index is 11.4. The molecule has 1 heterocycles. The smallest absolute Gasteiger partial charge is 0.354 e. The third kappa shape index (κ3) is 3.36. The fraction of sp³-hybridized carbons (Fsp3) is 0. The molecular weight excluding hydrogens is 286 g/mol. The molecule has 0 saturated heterocycles. The lowest BCUT2D eigenvalue weighted by atomic mass is 10.2. The van der Waals surface area contributed by atoms with E-state index in [0.717, 1.165) is 6.07 Å². The predicted molar refractivity (Wildman–Crippen MR) is 67.6 cm³/mol. The van der Waals surface area contributed by atoms with Crippen LogP contribution in [-0.2, 0) is 0 Å². The van der Waals surface area contributed by atoms with E-state index in [9.17, 15) is 24.7 Å². The fourth-order valence-electron chi connectivity index (χ4n) is 1.35. The molecule has 2 aromatic rings. The van der Waals surface area contributed by atoms with Crippen molar-refractivity contribution in [2.24, 2.45) is 10.3 Å². The molecule has 0 spiro atoms. The van der Waals surface area contributed by atoms with Crippen LogP contribution in [0.25, 0.3) is 0 Å². The molecule has 0 aliphatic heterocycles. The van der Waals surface area contributed by atoms with Crippen LogP contribution in [0.1, 0.15) is 0 Å². The van der Waals surface area contributed by atoms with Crippen molar-refractivity contribution in [3.05, 3.63) is 43.9 Å². The Balaban J connectivity index is 0.00000220. The van der Waals surface area contributed by atoms with Gasteiger partial charge in [0, 0.05) is 11.2 Å². The minimum Gasteiger partial charge on any atom is -0.870 e. The van der Waals surface area contributed by atoms with E-state index >= 15 is 0 Å². The molecule has 21 heavy (non-hydrogen) atoms. The van der Waals surface area contributed by atoms with Gasteiger partial charge < -0.3 is 15.7 Å². The second kappa shape index (κ2) is 6.21. The first-order valence-electron chi connectivity index (χ1n) is 5.20. The Morgan fingerprint density at radius 1 is 1.14 bits per heavy atom. The summed E-state index contributed by atoms with van der Waals surface area (Å²) in [5, 5.41) is 27.4. The van der Waals surface area contributed by atoms with Crippen LogP contribution in [-0.4, -0.2) is 25.7 Å². The zero-order chi connectivity index (χ0) is 14.7. The highest BCUT2D eigenvalue weighted by atomic mass is 16.3. The minimum absolute atomic E-state index is 0. The first-order chi connectivity index (χ1) is 9.51. The molecule has 11 heteroatoms. The standard InChI is InChI=1S/C10H7N5O5.H2O/c16-6-2-1-4(15-20)3-5(6)13-14-7-8(17)11-10(19)12-9(7)18;/h1-3,16H,(H3,11,12,17,18,19);1H2. The molecule has 0 amide bonds. The highest BCUT2D eigenvalue weighted by molar-refractivity contribution is 5.58. The van der Waals surface area contributed by atoms with Crippen LogP contribution in [0.4, 0.5) is 17.1 Å². The lowest BCUT2D eigenvalue weighted by molar-refractivity contribution is -0.436. The summed E-state index contributed by atoms with van der Waals surface area (Å²) in [5.41, 5.74) is -2.27. The summed E-state index contributed by atoms with van der Waals surface area (Å²) in [7, 11) is 0. The molecule has 110 valence electrons. The van der Waals surface area contributed by atoms with Crippen LogP contribution in [0.3, 0.4) is 0 Å². The van der Waals surface area contributed by atoms with Crippen molar-refractivity contribution in [1.29, 1.82) is 0 Å². The number of phenolic OH excluding ortho intramolecular Hbond substituents is 1. The first-order valence-corrected chi connectivity index (χ1v) is 5.20. The number of nitrogens with one attached hydrogen (secondary N) is 3. The van der Waals surface area contributed by atoms with Crippen molar-refractivity contribution in [1.82, 2.24) is 9.97 Å². The number of aromatic amines is 2. The van der Waals surface area contributed by atoms with Gasteiger partial charge in [0.1, 0.15) is 11.4 Å². The zero-order valence-electron chi connectivity index (χ0n) is 10.2. The van der Waals surface area contributed by atoms with E-state index in [1.54, 1.807) is 0 Å². The number of nitrogens with zero attached hydrogens (tertiary/aromatic N) is 2. The van der Waals surface area contributed by atoms with E-state index in [0.29, 0.717) is 0 Å². The summed E-state index contributed by atoms with van der Waals surface area (Å²) in [4.78, 5) is 36.4. The quantitative estimate of drug-likeness (QED) is 0.363. The van der Waals surface area contributed by atoms with Gasteiger partial charge in [-0.15, -0.1) is 4.91 Å². The zero-order valence-corrected chi connectivity index (χ0v) is 10.2. The van der Waals surface area contributed by atoms with E-state index < -0.39 is 22.8 Å². The largest absolute Gasteiger partial charge is 0.870 e. The van der Waals surface area contributed by atoms with Gasteiger partial charge in [-0.1, -0.05) is 5.11 Å². The van der Waals surface area contributed by atoms with Crippen LogP contribution >= 0.6 is 0 Å². The molecule has 6 N–H and O–H groups in total. The molecule has 0 bridgehead atoms. The van der Waals surface area contributed by atoms with Gasteiger partial charge in [-0.05, 0) is 17.3 Å². The summed E-state index contributed by atoms with van der Waals surface area (Å²) < 4.78 is 0. The Morgan fingerprint density at radius 2 is 1.86 bits per heavy atom. The van der Waals surface area contributed by atoms with Crippen LogP contribution in [0, 0.1) is 4.91 Å². The van der Waals surface area contributed by atoms with Crippen LogP contribution in [0.15, 0.2) is 38.1 Å². The second-order valence-corrected chi connectivity index (χ2v) is 3.62. The maximum atomic E-state index is 11.4. The highest BCUT2D eigenvalue weighted by Gasteiger charge is 2.14. The number of aromatic hydroxyl groups is 2. The topological polar surface area (TPSA) is 192 Å². The van der Waals surface area contributed by atoms with E-state index in [4.69, 9.17) is 0 Å². The van der Waals surface area contributed by atoms with Crippen LogP contribution in [0.2, 0.25) is 0 Å². The Hall–Kier alpha value is -3.34. The highest BCUT2D eigenvalue weighted by Crippen LogP contribution is 2.29. The van der Waals surface area contributed by atoms with Crippen LogP contribution in [0.5, 0.6) is 11.6 Å². The minimum atomic E-state index is -0.904. The van der Waals surface area contributed by atoms with Crippen molar-refractivity contribution in [2.75, 3.05) is 0 Å². The van der Waals surface area contributed by atoms with Gasteiger partial charge in [0.15, 0.2) is 5.69 Å². The molecule has 0 unspecified atom stereocenters. The summed E-state index contributed by atoms with van der Waals surface area (Å²) in [6, 6.07) is 3.62. The number of hydrogen-bond donors (Lipinski definition) is 5. The molecule has 11 nitrogen and oxygen atoms in total. The third-order valence-electron chi connectivity index (χ3n) is 2.28. The van der Waals surface area contributed by atoms with Crippen LogP contribution < -0.4 is 16.4 Å². The number of phenols is 1. The van der Waals surface area contributed by atoms with Gasteiger partial charge in [-0.2, -0.15) is 0 Å². The van der Waals surface area contributed by atoms with Gasteiger partial charge in [0.2, 0.25) is 0 Å². The predicted octanol–water partition coefficient (Wildman–Crippen LogP) is -0.809.